The van der Waals surface area contributed by atoms with Gasteiger partial charge in [-0.2, -0.15) is 0 Å². The van der Waals surface area contributed by atoms with E-state index in [4.69, 9.17) is 32.9 Å². The maximum atomic E-state index is 13.5. The van der Waals surface area contributed by atoms with E-state index in [-0.39, 0.29) is 5.91 Å². The lowest BCUT2D eigenvalue weighted by molar-refractivity contribution is -0.122. The highest BCUT2D eigenvalue weighted by atomic mass is 35.5. The Kier molecular flexibility index (Phi) is 8.49. The molecule has 0 saturated carbocycles. The molecule has 0 aromatic heterocycles. The number of nitrogens with zero attached hydrogens (tertiary/aromatic N) is 2. The minimum atomic E-state index is -0.0805. The predicted molar refractivity (Wildman–Crippen MR) is 157 cm³/mol. The van der Waals surface area contributed by atoms with Crippen molar-refractivity contribution in [3.05, 3.63) is 140 Å². The third-order valence-electron chi connectivity index (χ3n) is 5.85. The standard InChI is InChI=1S/C31H24Cl2N2O2S/c32-26-13-7-12-25(16-26)21-37-28-15-14-24(17-27(28)33)18-29-30(36)35(20-23-10-5-2-6-11-23)31(38-29)34-19-22-8-3-1-4-9-22/h1-18H,19-21H2/b29-18+,34-31?. The molecule has 1 fully saturated rings. The molecule has 0 bridgehead atoms. The predicted octanol–water partition coefficient (Wildman–Crippen LogP) is 8.25. The number of benzene rings is 4. The van der Waals surface area contributed by atoms with Gasteiger partial charge >= 0.3 is 0 Å². The molecule has 190 valence electrons. The second-order valence-corrected chi connectivity index (χ2v) is 10.5. The van der Waals surface area contributed by atoms with Crippen molar-refractivity contribution in [2.24, 2.45) is 4.99 Å². The monoisotopic (exact) mass is 558 g/mol. The van der Waals surface area contributed by atoms with Crippen LogP contribution < -0.4 is 4.74 Å². The van der Waals surface area contributed by atoms with Crippen LogP contribution in [0.5, 0.6) is 5.75 Å². The molecule has 1 aliphatic heterocycles. The Morgan fingerprint density at radius 3 is 2.24 bits per heavy atom. The zero-order chi connectivity index (χ0) is 26.3. The maximum Gasteiger partial charge on any atom is 0.267 e. The van der Waals surface area contributed by atoms with Crippen LogP contribution in [0.15, 0.2) is 113 Å². The number of carbonyl (C=O) groups is 1. The van der Waals surface area contributed by atoms with Gasteiger partial charge in [-0.1, -0.05) is 102 Å². The van der Waals surface area contributed by atoms with Gasteiger partial charge in [-0.3, -0.25) is 14.7 Å². The zero-order valence-electron chi connectivity index (χ0n) is 20.4. The highest BCUT2D eigenvalue weighted by Gasteiger charge is 2.33. The van der Waals surface area contributed by atoms with E-state index in [1.54, 1.807) is 11.0 Å². The average Bonchev–Trinajstić information content (AvgIpc) is 3.22. The number of halogens is 2. The molecule has 38 heavy (non-hydrogen) atoms. The summed E-state index contributed by atoms with van der Waals surface area (Å²) < 4.78 is 5.89. The summed E-state index contributed by atoms with van der Waals surface area (Å²) in [4.78, 5) is 20.6. The first-order valence-electron chi connectivity index (χ1n) is 12.1. The van der Waals surface area contributed by atoms with E-state index in [2.05, 4.69) is 0 Å². The van der Waals surface area contributed by atoms with E-state index < -0.39 is 0 Å². The van der Waals surface area contributed by atoms with Crippen molar-refractivity contribution < 1.29 is 9.53 Å². The van der Waals surface area contributed by atoms with Crippen LogP contribution in [0, 0.1) is 0 Å². The maximum absolute atomic E-state index is 13.5. The molecule has 4 aromatic rings. The fraction of sp³-hybridized carbons (Fsp3) is 0.0968. The van der Waals surface area contributed by atoms with Crippen molar-refractivity contribution in [1.29, 1.82) is 0 Å². The van der Waals surface area contributed by atoms with Gasteiger partial charge in [-0.05, 0) is 64.4 Å². The first-order valence-corrected chi connectivity index (χ1v) is 13.6. The molecule has 4 nitrogen and oxygen atoms in total. The Bertz CT molecular complexity index is 1490. The van der Waals surface area contributed by atoms with E-state index in [0.717, 1.165) is 22.3 Å². The van der Waals surface area contributed by atoms with Crippen LogP contribution in [0.4, 0.5) is 0 Å². The zero-order valence-corrected chi connectivity index (χ0v) is 22.7. The van der Waals surface area contributed by atoms with Crippen LogP contribution in [0.2, 0.25) is 10.0 Å². The van der Waals surface area contributed by atoms with Crippen molar-refractivity contribution in [2.75, 3.05) is 0 Å². The number of aliphatic imine (C=N–C) groups is 1. The molecular formula is C31H24Cl2N2O2S. The van der Waals surface area contributed by atoms with Crippen LogP contribution in [-0.4, -0.2) is 16.0 Å². The number of carbonyl (C=O) groups excluding carboxylic acids is 1. The van der Waals surface area contributed by atoms with Gasteiger partial charge in [0.15, 0.2) is 5.17 Å². The molecule has 0 unspecified atom stereocenters. The molecule has 0 radical (unpaired) electrons. The third kappa shape index (κ3) is 6.67. The summed E-state index contributed by atoms with van der Waals surface area (Å²) in [7, 11) is 0. The first kappa shape index (κ1) is 26.1. The number of hydrogen-bond acceptors (Lipinski definition) is 4. The molecule has 1 saturated heterocycles. The Hall–Kier alpha value is -3.51. The summed E-state index contributed by atoms with van der Waals surface area (Å²) in [6, 6.07) is 32.9. The molecule has 1 aliphatic rings. The Balaban J connectivity index is 1.35. The van der Waals surface area contributed by atoms with E-state index >= 15 is 0 Å². The molecule has 0 aliphatic carbocycles. The second-order valence-electron chi connectivity index (χ2n) is 8.68. The van der Waals surface area contributed by atoms with Gasteiger partial charge in [0, 0.05) is 5.02 Å². The van der Waals surface area contributed by atoms with Crippen LogP contribution >= 0.6 is 35.0 Å². The topological polar surface area (TPSA) is 41.9 Å². The number of amides is 1. The quantitative estimate of drug-likeness (QED) is 0.204. The molecule has 7 heteroatoms. The number of rotatable bonds is 8. The third-order valence-corrected chi connectivity index (χ3v) is 7.42. The lowest BCUT2D eigenvalue weighted by Gasteiger charge is -2.15. The van der Waals surface area contributed by atoms with Gasteiger partial charge < -0.3 is 4.74 Å². The van der Waals surface area contributed by atoms with Gasteiger partial charge in [0.25, 0.3) is 5.91 Å². The molecule has 0 spiro atoms. The second kappa shape index (κ2) is 12.4. The normalized spacial score (nSPS) is 15.4. The minimum Gasteiger partial charge on any atom is -0.487 e. The van der Waals surface area contributed by atoms with Gasteiger partial charge in [-0.25, -0.2) is 0 Å². The SMILES string of the molecule is O=C1/C(=C\c2ccc(OCc3cccc(Cl)c3)c(Cl)c2)SC(=NCc2ccccc2)N1Cc1ccccc1. The largest absolute Gasteiger partial charge is 0.487 e. The van der Waals surface area contributed by atoms with Crippen molar-refractivity contribution in [2.45, 2.75) is 19.7 Å². The fourth-order valence-corrected chi connectivity index (χ4v) is 5.37. The van der Waals surface area contributed by atoms with Crippen molar-refractivity contribution >= 4 is 52.1 Å². The van der Waals surface area contributed by atoms with Crippen LogP contribution in [-0.2, 0) is 24.5 Å². The number of ether oxygens (including phenoxy) is 1. The van der Waals surface area contributed by atoms with Crippen LogP contribution in [0.25, 0.3) is 6.08 Å². The Morgan fingerprint density at radius 1 is 0.816 bits per heavy atom. The van der Waals surface area contributed by atoms with E-state index in [0.29, 0.717) is 45.6 Å². The fourth-order valence-electron chi connectivity index (χ4n) is 3.94. The summed E-state index contributed by atoms with van der Waals surface area (Å²) in [6.07, 6.45) is 1.85. The van der Waals surface area contributed by atoms with Crippen molar-refractivity contribution in [3.63, 3.8) is 0 Å². The number of hydrogen-bond donors (Lipinski definition) is 0. The molecule has 1 heterocycles. The van der Waals surface area contributed by atoms with E-state index in [1.807, 2.05) is 103 Å². The lowest BCUT2D eigenvalue weighted by Crippen LogP contribution is -2.28. The number of thioether (sulfide) groups is 1. The average molecular weight is 560 g/mol. The smallest absolute Gasteiger partial charge is 0.267 e. The van der Waals surface area contributed by atoms with Gasteiger partial charge in [0.2, 0.25) is 0 Å². The summed E-state index contributed by atoms with van der Waals surface area (Å²) in [5, 5.41) is 1.81. The highest BCUT2D eigenvalue weighted by molar-refractivity contribution is 8.18. The summed E-state index contributed by atoms with van der Waals surface area (Å²) in [5.74, 6) is 0.484. The summed E-state index contributed by atoms with van der Waals surface area (Å²) >= 11 is 14.0. The lowest BCUT2D eigenvalue weighted by atomic mass is 10.2. The van der Waals surface area contributed by atoms with E-state index in [1.165, 1.54) is 11.8 Å². The van der Waals surface area contributed by atoms with Crippen LogP contribution in [0.3, 0.4) is 0 Å². The van der Waals surface area contributed by atoms with Gasteiger partial charge in [-0.15, -0.1) is 0 Å². The Morgan fingerprint density at radius 2 is 1.53 bits per heavy atom. The van der Waals surface area contributed by atoms with Crippen molar-refractivity contribution in [3.8, 4) is 5.75 Å². The van der Waals surface area contributed by atoms with Gasteiger partial charge in [0.05, 0.1) is 23.0 Å². The van der Waals surface area contributed by atoms with Crippen LogP contribution in [0.1, 0.15) is 22.3 Å². The Labute approximate surface area is 236 Å². The van der Waals surface area contributed by atoms with Gasteiger partial charge in [0.1, 0.15) is 12.4 Å². The highest BCUT2D eigenvalue weighted by Crippen LogP contribution is 2.35. The molecule has 1 amide bonds. The minimum absolute atomic E-state index is 0.0805. The molecular weight excluding hydrogens is 535 g/mol. The molecule has 0 atom stereocenters. The molecule has 4 aromatic carbocycles. The summed E-state index contributed by atoms with van der Waals surface area (Å²) in [6.45, 7) is 1.30. The molecule has 0 N–H and O–H groups in total. The first-order chi connectivity index (χ1) is 18.5. The van der Waals surface area contributed by atoms with Crippen molar-refractivity contribution in [1.82, 2.24) is 4.90 Å². The van der Waals surface area contributed by atoms with E-state index in [9.17, 15) is 4.79 Å². The summed E-state index contributed by atoms with van der Waals surface area (Å²) in [5.41, 5.74) is 3.89. The number of amidine groups is 1. The molecule has 5 rings (SSSR count).